The van der Waals surface area contributed by atoms with Gasteiger partial charge in [0.15, 0.2) is 0 Å². The van der Waals surface area contributed by atoms with E-state index in [2.05, 4.69) is 0 Å². The summed E-state index contributed by atoms with van der Waals surface area (Å²) in [5, 5.41) is 24.4. The summed E-state index contributed by atoms with van der Waals surface area (Å²) >= 11 is 0. The zero-order valence-electron chi connectivity index (χ0n) is 14.6. The Morgan fingerprint density at radius 1 is 0.720 bits per heavy atom. The van der Waals surface area contributed by atoms with Gasteiger partial charge in [0, 0.05) is 0 Å². The van der Waals surface area contributed by atoms with Crippen LogP contribution in [0, 0.1) is 0 Å². The maximum Gasteiger partial charge on any atom is 0.320 e. The van der Waals surface area contributed by atoms with Crippen molar-refractivity contribution in [3.8, 4) is 0 Å². The number of aliphatic carboxylic acids is 3. The second-order valence-corrected chi connectivity index (χ2v) is 5.23. The van der Waals surface area contributed by atoms with Gasteiger partial charge >= 0.3 is 17.9 Å². The molecule has 0 aromatic carbocycles. The molecular weight excluding hydrogens is 334 g/mol. The largest absolute Gasteiger partial charge is 0.480 e. The third-order valence-electron chi connectivity index (χ3n) is 2.71. The number of hydrogen-bond acceptors (Lipinski definition) is 8. The highest BCUT2D eigenvalue weighted by molar-refractivity contribution is 5.73. The number of unbranched alkanes of at least 4 members (excludes halogenated alkanes) is 1. The Morgan fingerprint density at radius 2 is 1.04 bits per heavy atom. The molecule has 0 rings (SSSR count). The van der Waals surface area contributed by atoms with Gasteiger partial charge in [-0.3, -0.25) is 14.4 Å². The maximum atomic E-state index is 10.1. The first-order valence-electron chi connectivity index (χ1n) is 7.86. The second-order valence-electron chi connectivity index (χ2n) is 5.23. The first-order chi connectivity index (χ1) is 11.5. The molecule has 0 aliphatic rings. The molecule has 0 saturated heterocycles. The quantitative estimate of drug-likeness (QED) is 0.198. The van der Waals surface area contributed by atoms with Crippen molar-refractivity contribution in [3.63, 3.8) is 0 Å². The minimum absolute atomic E-state index is 0.464. The highest BCUT2D eigenvalue weighted by Gasteiger charge is 2.09. The van der Waals surface area contributed by atoms with Crippen LogP contribution in [-0.4, -0.2) is 64.4 Å². The molecule has 11 nitrogen and oxygen atoms in total. The monoisotopic (exact) mass is 367 g/mol. The lowest BCUT2D eigenvalue weighted by Gasteiger charge is -2.03. The number of rotatable bonds is 10. The predicted octanol–water partition coefficient (Wildman–Crippen LogP) is -1.92. The van der Waals surface area contributed by atoms with E-state index in [1.165, 1.54) is 6.92 Å². The zero-order chi connectivity index (χ0) is 20.4. The van der Waals surface area contributed by atoms with Crippen molar-refractivity contribution in [3.05, 3.63) is 0 Å². The molecule has 3 atom stereocenters. The molecular formula is C14H33N5O6. The van der Waals surface area contributed by atoms with Gasteiger partial charge in [0.1, 0.15) is 18.1 Å². The number of carboxylic acid groups (broad SMARTS) is 3. The average molecular weight is 367 g/mol. The molecule has 0 aliphatic carbocycles. The second kappa shape index (κ2) is 18.5. The van der Waals surface area contributed by atoms with Crippen LogP contribution in [0.15, 0.2) is 0 Å². The van der Waals surface area contributed by atoms with Gasteiger partial charge in [0.2, 0.25) is 0 Å². The number of hydrogen-bond donors (Lipinski definition) is 8. The van der Waals surface area contributed by atoms with E-state index in [0.29, 0.717) is 32.4 Å². The number of nitrogens with two attached hydrogens (primary N) is 5. The van der Waals surface area contributed by atoms with E-state index in [1.54, 1.807) is 0 Å². The van der Waals surface area contributed by atoms with E-state index in [1.807, 2.05) is 0 Å². The van der Waals surface area contributed by atoms with Crippen LogP contribution in [0.25, 0.3) is 0 Å². The Hall–Kier alpha value is -1.79. The lowest BCUT2D eigenvalue weighted by molar-refractivity contribution is -0.139. The Morgan fingerprint density at radius 3 is 1.28 bits per heavy atom. The summed E-state index contributed by atoms with van der Waals surface area (Å²) in [4.78, 5) is 29.8. The van der Waals surface area contributed by atoms with Crippen LogP contribution < -0.4 is 28.7 Å². The number of carbonyl (C=O) groups is 3. The van der Waals surface area contributed by atoms with Crippen LogP contribution in [-0.2, 0) is 14.4 Å². The van der Waals surface area contributed by atoms with Gasteiger partial charge in [-0.15, -0.1) is 0 Å². The minimum Gasteiger partial charge on any atom is -0.480 e. The van der Waals surface area contributed by atoms with Crippen molar-refractivity contribution in [2.75, 3.05) is 13.1 Å². The van der Waals surface area contributed by atoms with Gasteiger partial charge in [-0.1, -0.05) is 6.42 Å². The Balaban J connectivity index is -0.000000300. The zero-order valence-corrected chi connectivity index (χ0v) is 14.6. The van der Waals surface area contributed by atoms with Gasteiger partial charge in [-0.2, -0.15) is 0 Å². The van der Waals surface area contributed by atoms with E-state index >= 15 is 0 Å². The fourth-order valence-corrected chi connectivity index (χ4v) is 1.09. The van der Waals surface area contributed by atoms with Crippen molar-refractivity contribution in [1.29, 1.82) is 0 Å². The van der Waals surface area contributed by atoms with Crippen molar-refractivity contribution in [1.82, 2.24) is 0 Å². The van der Waals surface area contributed by atoms with Gasteiger partial charge in [-0.05, 0) is 45.7 Å². The molecule has 0 spiro atoms. The molecule has 0 aliphatic heterocycles. The maximum absolute atomic E-state index is 10.1. The summed E-state index contributed by atoms with van der Waals surface area (Å²) in [6.07, 6.45) is 3.30. The van der Waals surface area contributed by atoms with Crippen molar-refractivity contribution >= 4 is 17.9 Å². The summed E-state index contributed by atoms with van der Waals surface area (Å²) in [6.45, 7) is 2.52. The van der Waals surface area contributed by atoms with Crippen molar-refractivity contribution in [2.45, 2.75) is 57.2 Å². The van der Waals surface area contributed by atoms with Crippen LogP contribution in [0.1, 0.15) is 39.0 Å². The Kier molecular flexibility index (Phi) is 20.8. The molecule has 0 saturated carbocycles. The standard InChI is InChI=1S/C6H14N2O2.C5H12N2O2.C3H7NO2/c7-4-2-1-3-5(8)6(9)10;6-3-1-2-4(7)5(8)9;1-2(4)3(5)6/h5H,1-4,7-8H2,(H,9,10);4H,1-3,6-7H2,(H,8,9);2H,4H2,1H3,(H,5,6). The molecule has 150 valence electrons. The number of carboxylic acids is 3. The van der Waals surface area contributed by atoms with Gasteiger partial charge in [-0.25, -0.2) is 0 Å². The molecule has 0 radical (unpaired) electrons. The fourth-order valence-electron chi connectivity index (χ4n) is 1.09. The summed E-state index contributed by atoms with van der Waals surface area (Å²) in [7, 11) is 0. The average Bonchev–Trinajstić information content (AvgIpc) is 2.53. The van der Waals surface area contributed by atoms with Crippen LogP contribution in [0.5, 0.6) is 0 Å². The lowest BCUT2D eigenvalue weighted by Crippen LogP contribution is -2.30. The highest BCUT2D eigenvalue weighted by Crippen LogP contribution is 1.97. The molecule has 0 fully saturated rings. The Labute approximate surface area is 147 Å². The van der Waals surface area contributed by atoms with E-state index in [4.69, 9.17) is 44.0 Å². The molecule has 0 amide bonds. The van der Waals surface area contributed by atoms with Crippen molar-refractivity contribution < 1.29 is 29.7 Å². The van der Waals surface area contributed by atoms with Crippen LogP contribution in [0.3, 0.4) is 0 Å². The SMILES string of the molecule is CC(N)C(=O)O.NCCCC(N)C(=O)O.NCCCCC(N)C(=O)O. The molecule has 0 bridgehead atoms. The lowest BCUT2D eigenvalue weighted by atomic mass is 10.1. The predicted molar refractivity (Wildman–Crippen MR) is 93.7 cm³/mol. The van der Waals surface area contributed by atoms with E-state index in [-0.39, 0.29) is 0 Å². The molecule has 0 heterocycles. The van der Waals surface area contributed by atoms with E-state index in [0.717, 1.165) is 12.8 Å². The van der Waals surface area contributed by atoms with Gasteiger partial charge in [0.05, 0.1) is 0 Å². The third-order valence-corrected chi connectivity index (χ3v) is 2.71. The molecule has 13 N–H and O–H groups in total. The van der Waals surface area contributed by atoms with Crippen LogP contribution in [0.4, 0.5) is 0 Å². The fraction of sp³-hybridized carbons (Fsp3) is 0.786. The van der Waals surface area contributed by atoms with Crippen molar-refractivity contribution in [2.24, 2.45) is 28.7 Å². The summed E-state index contributed by atoms with van der Waals surface area (Å²) in [5.74, 6) is -2.85. The smallest absolute Gasteiger partial charge is 0.320 e. The van der Waals surface area contributed by atoms with Crippen LogP contribution in [0.2, 0.25) is 0 Å². The minimum atomic E-state index is -0.963. The van der Waals surface area contributed by atoms with E-state index in [9.17, 15) is 14.4 Å². The third kappa shape index (κ3) is 24.6. The summed E-state index contributed by atoms with van der Waals surface area (Å²) in [5.41, 5.74) is 25.5. The summed E-state index contributed by atoms with van der Waals surface area (Å²) in [6, 6.07) is -2.19. The Bertz CT molecular complexity index is 368. The highest BCUT2D eigenvalue weighted by atomic mass is 16.4. The molecule has 0 aromatic rings. The molecule has 25 heavy (non-hydrogen) atoms. The molecule has 0 aromatic heterocycles. The first-order valence-corrected chi connectivity index (χ1v) is 7.86. The van der Waals surface area contributed by atoms with Gasteiger partial charge in [0.25, 0.3) is 0 Å². The summed E-state index contributed by atoms with van der Waals surface area (Å²) < 4.78 is 0. The normalized spacial score (nSPS) is 13.2. The first kappa shape index (κ1) is 28.0. The van der Waals surface area contributed by atoms with Crippen LogP contribution >= 0.6 is 0 Å². The van der Waals surface area contributed by atoms with E-state index < -0.39 is 36.0 Å². The molecule has 11 heteroatoms. The topological polar surface area (TPSA) is 242 Å². The molecule has 3 unspecified atom stereocenters. The van der Waals surface area contributed by atoms with Gasteiger partial charge < -0.3 is 44.0 Å².